The van der Waals surface area contributed by atoms with Crippen LogP contribution >= 0.6 is 0 Å². The smallest absolute Gasteiger partial charge is 0.338 e. The maximum absolute atomic E-state index is 13.1. The highest BCUT2D eigenvalue weighted by molar-refractivity contribution is 5.91. The molecule has 10 atom stereocenters. The minimum Gasteiger partial charge on any atom is -0.493 e. The summed E-state index contributed by atoms with van der Waals surface area (Å²) in [7, 11) is 3.96. The lowest BCUT2D eigenvalue weighted by Gasteiger charge is -2.40. The van der Waals surface area contributed by atoms with Crippen molar-refractivity contribution in [1.29, 1.82) is 0 Å². The third-order valence-electron chi connectivity index (χ3n) is 7.63. The van der Waals surface area contributed by atoms with Gasteiger partial charge in [-0.3, -0.25) is 0 Å². The van der Waals surface area contributed by atoms with Gasteiger partial charge in [0.1, 0.15) is 49.3 Å². The topological polar surface area (TPSA) is 233 Å². The summed E-state index contributed by atoms with van der Waals surface area (Å²) in [4.78, 5) is 13.1. The molecule has 0 radical (unpaired) electrons. The van der Waals surface area contributed by atoms with Crippen LogP contribution in [0.2, 0.25) is 0 Å². The van der Waals surface area contributed by atoms with Crippen molar-refractivity contribution >= 4 is 12.0 Å². The second-order valence-corrected chi connectivity index (χ2v) is 10.7. The van der Waals surface area contributed by atoms with Crippen molar-refractivity contribution in [2.24, 2.45) is 0 Å². The van der Waals surface area contributed by atoms with Gasteiger partial charge in [-0.1, -0.05) is 18.2 Å². The number of aliphatic hydroxyl groups excluding tert-OH is 7. The zero-order valence-electron chi connectivity index (χ0n) is 26.0. The first-order chi connectivity index (χ1) is 22.4. The van der Waals surface area contributed by atoms with E-state index in [9.17, 15) is 35.4 Å². The van der Waals surface area contributed by atoms with E-state index in [0.717, 1.165) is 0 Å². The summed E-state index contributed by atoms with van der Waals surface area (Å²) in [6, 6.07) is 7.29. The molecule has 2 fully saturated rings. The number of benzene rings is 2. The number of esters is 1. The zero-order chi connectivity index (χ0) is 34.4. The Morgan fingerprint density at radius 2 is 1.34 bits per heavy atom. The Morgan fingerprint density at radius 3 is 1.94 bits per heavy atom. The van der Waals surface area contributed by atoms with E-state index >= 15 is 0 Å². The highest BCUT2D eigenvalue weighted by Crippen LogP contribution is 2.41. The molecule has 47 heavy (non-hydrogen) atoms. The maximum atomic E-state index is 13.1. The molecule has 260 valence electrons. The zero-order valence-corrected chi connectivity index (χ0v) is 26.0. The van der Waals surface area contributed by atoms with Gasteiger partial charge in [0.05, 0.1) is 39.6 Å². The van der Waals surface area contributed by atoms with Crippen molar-refractivity contribution in [2.75, 3.05) is 34.5 Å². The summed E-state index contributed by atoms with van der Waals surface area (Å²) < 4.78 is 44.1. The van der Waals surface area contributed by atoms with E-state index in [2.05, 4.69) is 0 Å². The van der Waals surface area contributed by atoms with Crippen LogP contribution in [0.15, 0.2) is 36.4 Å². The van der Waals surface area contributed by atoms with Gasteiger partial charge in [0.15, 0.2) is 23.0 Å². The number of hydrogen-bond donors (Lipinski definition) is 7. The molecule has 0 aliphatic carbocycles. The molecule has 2 aromatic carbocycles. The summed E-state index contributed by atoms with van der Waals surface area (Å²) in [6.07, 6.45) is -11.6. The van der Waals surface area contributed by atoms with Gasteiger partial charge in [-0.15, -0.1) is 0 Å². The van der Waals surface area contributed by atoms with Crippen molar-refractivity contribution < 1.29 is 78.4 Å². The van der Waals surface area contributed by atoms with E-state index in [0.29, 0.717) is 5.56 Å². The van der Waals surface area contributed by atoms with Gasteiger partial charge in [-0.25, -0.2) is 4.79 Å². The molecule has 2 heterocycles. The number of carbonyl (C=O) groups excluding carboxylic acids is 1. The maximum Gasteiger partial charge on any atom is 0.338 e. The predicted octanol–water partition coefficient (Wildman–Crippen LogP) is -1.03. The molecule has 0 aromatic heterocycles. The number of ether oxygens (including phenoxy) is 8. The molecule has 2 aliphatic rings. The highest BCUT2D eigenvalue weighted by atomic mass is 16.7. The largest absolute Gasteiger partial charge is 0.493 e. The fourth-order valence-electron chi connectivity index (χ4n) is 4.93. The molecular formula is C31H40O16. The van der Waals surface area contributed by atoms with Crippen LogP contribution in [0.3, 0.4) is 0 Å². The molecule has 2 saturated heterocycles. The predicted molar refractivity (Wildman–Crippen MR) is 159 cm³/mol. The lowest BCUT2D eigenvalue weighted by Crippen LogP contribution is -2.60. The van der Waals surface area contributed by atoms with Gasteiger partial charge in [0.2, 0.25) is 18.3 Å². The molecule has 16 nitrogen and oxygen atoms in total. The first-order valence-electron chi connectivity index (χ1n) is 14.5. The molecule has 0 unspecified atom stereocenters. The monoisotopic (exact) mass is 668 g/mol. The van der Waals surface area contributed by atoms with Crippen LogP contribution < -0.4 is 23.7 Å². The Bertz CT molecular complexity index is 1360. The SMILES string of the molecule is COc1cc(/C=C/CO)ccc1O[C@@H]1O[C@H](COC(=O)c2cc(OC)c(O[C@@H]3O[C@@H](C)[C@H](O)[C@@H](O)[C@H]3O)c(OC)c2)[C@@H](O)[C@H](O)[C@H]1O. The summed E-state index contributed by atoms with van der Waals surface area (Å²) in [5, 5.41) is 71.1. The van der Waals surface area contributed by atoms with Gasteiger partial charge in [0, 0.05) is 0 Å². The van der Waals surface area contributed by atoms with E-state index in [1.807, 2.05) is 0 Å². The molecule has 0 bridgehead atoms. The first-order valence-corrected chi connectivity index (χ1v) is 14.5. The average Bonchev–Trinajstić information content (AvgIpc) is 3.08. The molecule has 2 aliphatic heterocycles. The van der Waals surface area contributed by atoms with E-state index in [4.69, 9.17) is 43.0 Å². The van der Waals surface area contributed by atoms with Crippen LogP contribution in [0.4, 0.5) is 0 Å². The standard InChI is InChI=1S/C31H40O16/c1-14-22(33)24(35)26(37)30(44-14)47-28-19(41-3)11-16(12-20(28)42-4)29(39)43-13-21-23(34)25(36)27(38)31(46-21)45-17-8-7-15(6-5-9-32)10-18(17)40-2/h5-8,10-12,14,21-27,30-38H,9,13H2,1-4H3/b6-5+/t14-,21+,22-,23+,24+,25-,26+,27+,30-,31+/m0/s1. The Balaban J connectivity index is 1.47. The lowest BCUT2D eigenvalue weighted by atomic mass is 9.99. The van der Waals surface area contributed by atoms with Crippen molar-refractivity contribution in [2.45, 2.75) is 68.3 Å². The van der Waals surface area contributed by atoms with E-state index in [1.54, 1.807) is 18.2 Å². The average molecular weight is 669 g/mol. The van der Waals surface area contributed by atoms with Gasteiger partial charge in [-0.2, -0.15) is 0 Å². The summed E-state index contributed by atoms with van der Waals surface area (Å²) in [6.45, 7) is 0.751. The van der Waals surface area contributed by atoms with Crippen LogP contribution in [0, 0.1) is 0 Å². The Hall–Kier alpha value is -3.71. The van der Waals surface area contributed by atoms with Crippen molar-refractivity contribution in [3.63, 3.8) is 0 Å². The fraction of sp³-hybridized carbons (Fsp3) is 0.516. The van der Waals surface area contributed by atoms with Crippen LogP contribution in [-0.4, -0.2) is 138 Å². The molecule has 2 aromatic rings. The van der Waals surface area contributed by atoms with Crippen LogP contribution in [0.5, 0.6) is 28.7 Å². The van der Waals surface area contributed by atoms with E-state index < -0.39 is 74.0 Å². The second-order valence-electron chi connectivity index (χ2n) is 10.7. The molecule has 0 amide bonds. The number of carbonyl (C=O) groups is 1. The Labute approximate surface area is 269 Å². The molecule has 0 spiro atoms. The third kappa shape index (κ3) is 8.06. The van der Waals surface area contributed by atoms with Gasteiger partial charge in [-0.05, 0) is 36.8 Å². The van der Waals surface area contributed by atoms with E-state index in [-0.39, 0.29) is 40.9 Å². The molecule has 4 rings (SSSR count). The van der Waals surface area contributed by atoms with Crippen LogP contribution in [0.25, 0.3) is 6.08 Å². The van der Waals surface area contributed by atoms with E-state index in [1.165, 1.54) is 52.5 Å². The lowest BCUT2D eigenvalue weighted by molar-refractivity contribution is -0.277. The van der Waals surface area contributed by atoms with Crippen molar-refractivity contribution in [3.05, 3.63) is 47.5 Å². The number of methoxy groups -OCH3 is 3. The minimum atomic E-state index is -1.73. The highest BCUT2D eigenvalue weighted by Gasteiger charge is 2.46. The Kier molecular flexibility index (Phi) is 12.2. The number of aliphatic hydroxyl groups is 7. The summed E-state index contributed by atoms with van der Waals surface area (Å²) in [5.41, 5.74) is 0.605. The number of hydrogen-bond acceptors (Lipinski definition) is 16. The summed E-state index contributed by atoms with van der Waals surface area (Å²) in [5.74, 6) is -0.669. The fourth-order valence-corrected chi connectivity index (χ4v) is 4.93. The second kappa shape index (κ2) is 15.9. The Morgan fingerprint density at radius 1 is 0.745 bits per heavy atom. The van der Waals surface area contributed by atoms with Gasteiger partial charge < -0.3 is 73.6 Å². The van der Waals surface area contributed by atoms with Crippen molar-refractivity contribution in [1.82, 2.24) is 0 Å². The molecule has 0 saturated carbocycles. The third-order valence-corrected chi connectivity index (χ3v) is 7.63. The minimum absolute atomic E-state index is 0.0341. The normalized spacial score (nSPS) is 30.9. The van der Waals surface area contributed by atoms with Crippen molar-refractivity contribution in [3.8, 4) is 28.7 Å². The number of rotatable bonds is 12. The van der Waals surface area contributed by atoms with Crippen LogP contribution in [-0.2, 0) is 14.2 Å². The molecule has 7 N–H and O–H groups in total. The summed E-state index contributed by atoms with van der Waals surface area (Å²) >= 11 is 0. The first kappa shape index (κ1) is 36.1. The quantitative estimate of drug-likeness (QED) is 0.134. The molecular weight excluding hydrogens is 628 g/mol. The molecule has 16 heteroatoms. The van der Waals surface area contributed by atoms with Gasteiger partial charge >= 0.3 is 5.97 Å². The van der Waals surface area contributed by atoms with Gasteiger partial charge in [0.25, 0.3) is 0 Å². The van der Waals surface area contributed by atoms with Crippen LogP contribution in [0.1, 0.15) is 22.8 Å².